The Morgan fingerprint density at radius 2 is 1.82 bits per heavy atom. The van der Waals surface area contributed by atoms with Crippen molar-refractivity contribution in [3.8, 4) is 0 Å². The van der Waals surface area contributed by atoms with Crippen LogP contribution in [0.5, 0.6) is 0 Å². The van der Waals surface area contributed by atoms with Gasteiger partial charge in [0.05, 0.1) is 0 Å². The molecule has 2 rings (SSSR count). The molecule has 1 aliphatic carbocycles. The molecule has 1 fully saturated rings. The molecule has 0 atom stereocenters. The highest BCUT2D eigenvalue weighted by atomic mass is 16.1. The van der Waals surface area contributed by atoms with E-state index in [1.165, 1.54) is 30.4 Å². The van der Waals surface area contributed by atoms with Crippen LogP contribution in [-0.4, -0.2) is 5.78 Å². The number of rotatable bonds is 2. The maximum absolute atomic E-state index is 12.2. The van der Waals surface area contributed by atoms with E-state index in [9.17, 15) is 4.79 Å². The van der Waals surface area contributed by atoms with E-state index in [2.05, 4.69) is 13.0 Å². The Hall–Kier alpha value is -1.37. The van der Waals surface area contributed by atoms with Gasteiger partial charge in [0, 0.05) is 5.56 Å². The molecule has 0 spiro atoms. The van der Waals surface area contributed by atoms with Crippen LogP contribution in [0.25, 0.3) is 0 Å². The van der Waals surface area contributed by atoms with Gasteiger partial charge in [-0.2, -0.15) is 0 Å². The lowest BCUT2D eigenvalue weighted by Gasteiger charge is -2.13. The predicted molar refractivity (Wildman–Crippen MR) is 71.4 cm³/mol. The van der Waals surface area contributed by atoms with Gasteiger partial charge in [-0.25, -0.2) is 0 Å². The number of allylic oxidation sites excluding steroid dienone is 2. The van der Waals surface area contributed by atoms with E-state index >= 15 is 0 Å². The summed E-state index contributed by atoms with van der Waals surface area (Å²) in [5.74, 6) is 0.180. The quantitative estimate of drug-likeness (QED) is 0.542. The molecule has 1 nitrogen and oxygen atoms in total. The second-order valence-electron chi connectivity index (χ2n) is 5.05. The zero-order valence-corrected chi connectivity index (χ0v) is 10.8. The van der Waals surface area contributed by atoms with Crippen molar-refractivity contribution in [3.05, 3.63) is 46.5 Å². The monoisotopic (exact) mass is 228 g/mol. The van der Waals surface area contributed by atoms with Crippen LogP contribution in [-0.2, 0) is 0 Å². The van der Waals surface area contributed by atoms with Gasteiger partial charge < -0.3 is 0 Å². The summed E-state index contributed by atoms with van der Waals surface area (Å²) in [7, 11) is 0. The molecule has 0 aliphatic heterocycles. The minimum absolute atomic E-state index is 0.180. The van der Waals surface area contributed by atoms with Crippen LogP contribution in [0.4, 0.5) is 0 Å². The van der Waals surface area contributed by atoms with Crippen LogP contribution < -0.4 is 0 Å². The Morgan fingerprint density at radius 1 is 1.12 bits per heavy atom. The summed E-state index contributed by atoms with van der Waals surface area (Å²) < 4.78 is 0. The topological polar surface area (TPSA) is 17.1 Å². The summed E-state index contributed by atoms with van der Waals surface area (Å²) in [5.41, 5.74) is 4.49. The Bertz CT molecular complexity index is 447. The summed E-state index contributed by atoms with van der Waals surface area (Å²) in [6.07, 6.45) is 7.89. The minimum Gasteiger partial charge on any atom is -0.289 e. The van der Waals surface area contributed by atoms with E-state index in [1.807, 2.05) is 25.1 Å². The van der Waals surface area contributed by atoms with E-state index < -0.39 is 0 Å². The smallest absolute Gasteiger partial charge is 0.186 e. The van der Waals surface area contributed by atoms with Crippen molar-refractivity contribution in [2.45, 2.75) is 46.0 Å². The molecule has 0 saturated heterocycles. The first kappa shape index (κ1) is 12.1. The van der Waals surface area contributed by atoms with E-state index in [0.717, 1.165) is 24.0 Å². The van der Waals surface area contributed by atoms with Crippen molar-refractivity contribution in [3.63, 3.8) is 0 Å². The van der Waals surface area contributed by atoms with Gasteiger partial charge >= 0.3 is 0 Å². The molecule has 1 saturated carbocycles. The van der Waals surface area contributed by atoms with Gasteiger partial charge in [-0.1, -0.05) is 35.8 Å². The van der Waals surface area contributed by atoms with Crippen molar-refractivity contribution in [2.24, 2.45) is 0 Å². The van der Waals surface area contributed by atoms with Crippen molar-refractivity contribution in [2.75, 3.05) is 0 Å². The van der Waals surface area contributed by atoms with Crippen LogP contribution in [0.2, 0.25) is 0 Å². The molecular formula is C16H20O. The van der Waals surface area contributed by atoms with Crippen LogP contribution in [0.1, 0.15) is 53.6 Å². The maximum Gasteiger partial charge on any atom is 0.186 e. The van der Waals surface area contributed by atoms with Crippen LogP contribution in [0.15, 0.2) is 29.8 Å². The lowest BCUT2D eigenvalue weighted by molar-refractivity contribution is 0.104. The molecule has 0 bridgehead atoms. The first-order chi connectivity index (χ1) is 8.16. The normalized spacial score (nSPS) is 15.8. The van der Waals surface area contributed by atoms with Gasteiger partial charge in [-0.05, 0) is 51.2 Å². The molecule has 1 aromatic rings. The summed E-state index contributed by atoms with van der Waals surface area (Å²) >= 11 is 0. The lowest BCUT2D eigenvalue weighted by atomic mass is 9.92. The molecule has 0 N–H and O–H groups in total. The number of benzene rings is 1. The average Bonchev–Trinajstić information content (AvgIpc) is 2.30. The van der Waals surface area contributed by atoms with Crippen molar-refractivity contribution in [1.82, 2.24) is 0 Å². The second kappa shape index (κ2) is 5.31. The number of carbonyl (C=O) groups excluding carboxylic acids is 1. The van der Waals surface area contributed by atoms with Crippen LogP contribution in [0, 0.1) is 13.8 Å². The van der Waals surface area contributed by atoms with E-state index in [-0.39, 0.29) is 5.78 Å². The van der Waals surface area contributed by atoms with Gasteiger partial charge in [0.1, 0.15) is 0 Å². The number of hydrogen-bond donors (Lipinski definition) is 0. The third-order valence-corrected chi connectivity index (χ3v) is 3.48. The lowest BCUT2D eigenvalue weighted by Crippen LogP contribution is -2.02. The third-order valence-electron chi connectivity index (χ3n) is 3.48. The summed E-state index contributed by atoms with van der Waals surface area (Å²) in [4.78, 5) is 12.2. The number of hydrogen-bond acceptors (Lipinski definition) is 1. The van der Waals surface area contributed by atoms with Crippen molar-refractivity contribution in [1.29, 1.82) is 0 Å². The van der Waals surface area contributed by atoms with E-state index in [0.29, 0.717) is 0 Å². The molecule has 0 unspecified atom stereocenters. The largest absolute Gasteiger partial charge is 0.289 e. The standard InChI is InChI=1S/C16H20O/c1-12-8-9-15(13(2)10-12)16(17)11-14-6-4-3-5-7-14/h8-11H,3-7H2,1-2H3. The Morgan fingerprint density at radius 3 is 2.47 bits per heavy atom. The highest BCUT2D eigenvalue weighted by Crippen LogP contribution is 2.23. The van der Waals surface area contributed by atoms with Gasteiger partial charge in [-0.3, -0.25) is 4.79 Å². The summed E-state index contributed by atoms with van der Waals surface area (Å²) in [6.45, 7) is 4.07. The average molecular weight is 228 g/mol. The fourth-order valence-corrected chi connectivity index (χ4v) is 2.50. The Balaban J connectivity index is 2.19. The zero-order valence-electron chi connectivity index (χ0n) is 10.8. The van der Waals surface area contributed by atoms with Gasteiger partial charge in [0.25, 0.3) is 0 Å². The molecule has 0 heterocycles. The molecule has 17 heavy (non-hydrogen) atoms. The highest BCUT2D eigenvalue weighted by molar-refractivity contribution is 6.06. The minimum atomic E-state index is 0.180. The second-order valence-corrected chi connectivity index (χ2v) is 5.05. The third kappa shape index (κ3) is 3.06. The van der Waals surface area contributed by atoms with Crippen molar-refractivity contribution < 1.29 is 4.79 Å². The maximum atomic E-state index is 12.2. The van der Waals surface area contributed by atoms with Crippen LogP contribution in [0.3, 0.4) is 0 Å². The SMILES string of the molecule is Cc1ccc(C(=O)C=C2CCCCC2)c(C)c1. The molecule has 1 heteroatoms. The molecule has 90 valence electrons. The van der Waals surface area contributed by atoms with Gasteiger partial charge in [-0.15, -0.1) is 0 Å². The number of ketones is 1. The zero-order chi connectivity index (χ0) is 12.3. The fraction of sp³-hybridized carbons (Fsp3) is 0.438. The summed E-state index contributed by atoms with van der Waals surface area (Å²) in [6, 6.07) is 6.04. The molecule has 1 aromatic carbocycles. The van der Waals surface area contributed by atoms with E-state index in [4.69, 9.17) is 0 Å². The first-order valence-electron chi connectivity index (χ1n) is 6.48. The van der Waals surface area contributed by atoms with Crippen LogP contribution >= 0.6 is 0 Å². The van der Waals surface area contributed by atoms with E-state index in [1.54, 1.807) is 0 Å². The van der Waals surface area contributed by atoms with Crippen molar-refractivity contribution >= 4 is 5.78 Å². The summed E-state index contributed by atoms with van der Waals surface area (Å²) in [5, 5.41) is 0. The Labute approximate surface area is 104 Å². The molecule has 1 aliphatic rings. The molecular weight excluding hydrogens is 208 g/mol. The number of carbonyl (C=O) groups is 1. The first-order valence-corrected chi connectivity index (χ1v) is 6.48. The highest BCUT2D eigenvalue weighted by Gasteiger charge is 2.10. The fourth-order valence-electron chi connectivity index (χ4n) is 2.50. The predicted octanol–water partition coefficient (Wildman–Crippen LogP) is 4.38. The molecule has 0 amide bonds. The Kier molecular flexibility index (Phi) is 3.78. The van der Waals surface area contributed by atoms with Gasteiger partial charge in [0.2, 0.25) is 0 Å². The molecule has 0 radical (unpaired) electrons. The number of aryl methyl sites for hydroxylation is 2. The molecule has 0 aromatic heterocycles. The van der Waals surface area contributed by atoms with Gasteiger partial charge in [0.15, 0.2) is 5.78 Å².